The summed E-state index contributed by atoms with van der Waals surface area (Å²) in [5, 5.41) is 0. The van der Waals surface area contributed by atoms with Gasteiger partial charge in [0.15, 0.2) is 0 Å². The van der Waals surface area contributed by atoms with E-state index in [2.05, 4.69) is 0 Å². The second-order valence-electron chi connectivity index (χ2n) is 2.45. The Morgan fingerprint density at radius 2 is 1.56 bits per heavy atom. The third kappa shape index (κ3) is 2.16. The molecule has 0 unspecified atom stereocenters. The van der Waals surface area contributed by atoms with Crippen molar-refractivity contribution in [3.8, 4) is 0 Å². The van der Waals surface area contributed by atoms with Crippen molar-refractivity contribution in [1.82, 2.24) is 0 Å². The minimum Gasteiger partial charge on any atom is -0.372 e. The molecule has 2 saturated heterocycles. The zero-order chi connectivity index (χ0) is 6.10. The van der Waals surface area contributed by atoms with Crippen molar-refractivity contribution < 1.29 is 9.47 Å². The normalized spacial score (nSPS) is 38.7. The quantitative estimate of drug-likeness (QED) is 0.540. The Morgan fingerprint density at radius 3 is 1.89 bits per heavy atom. The average molecular weight is 146 g/mol. The van der Waals surface area contributed by atoms with Crippen LogP contribution in [0.5, 0.6) is 0 Å². The van der Waals surface area contributed by atoms with E-state index in [-0.39, 0.29) is 0 Å². The SMILES string of the molecule is C1O[C@@H]1CSC[C@@H]1CO1. The molecule has 0 amide bonds. The van der Waals surface area contributed by atoms with Gasteiger partial charge in [0.2, 0.25) is 0 Å². The van der Waals surface area contributed by atoms with Gasteiger partial charge in [0.1, 0.15) is 0 Å². The molecule has 2 heterocycles. The predicted octanol–water partition coefficient (Wildman–Crippen LogP) is 0.517. The minimum atomic E-state index is 0.578. The number of ether oxygens (including phenoxy) is 2. The van der Waals surface area contributed by atoms with Crippen LogP contribution < -0.4 is 0 Å². The van der Waals surface area contributed by atoms with E-state index in [1.165, 1.54) is 11.5 Å². The van der Waals surface area contributed by atoms with Crippen molar-refractivity contribution in [3.05, 3.63) is 0 Å². The van der Waals surface area contributed by atoms with Gasteiger partial charge in [0.25, 0.3) is 0 Å². The highest BCUT2D eigenvalue weighted by molar-refractivity contribution is 7.99. The molecule has 3 heteroatoms. The molecule has 2 rings (SSSR count). The molecule has 0 spiro atoms. The summed E-state index contributed by atoms with van der Waals surface area (Å²) in [4.78, 5) is 0. The molecule has 2 aliphatic rings. The maximum atomic E-state index is 5.05. The van der Waals surface area contributed by atoms with E-state index in [9.17, 15) is 0 Å². The third-order valence-electron chi connectivity index (χ3n) is 1.41. The van der Waals surface area contributed by atoms with Crippen LogP contribution in [0.4, 0.5) is 0 Å². The minimum absolute atomic E-state index is 0.578. The molecule has 0 bridgehead atoms. The van der Waals surface area contributed by atoms with Crippen LogP contribution >= 0.6 is 11.8 Å². The molecule has 0 aromatic rings. The Morgan fingerprint density at radius 1 is 1.11 bits per heavy atom. The maximum Gasteiger partial charge on any atom is 0.0900 e. The highest BCUT2D eigenvalue weighted by Gasteiger charge is 2.26. The van der Waals surface area contributed by atoms with Crippen LogP contribution in [-0.4, -0.2) is 36.9 Å². The fourth-order valence-electron chi connectivity index (χ4n) is 0.659. The second-order valence-corrected chi connectivity index (χ2v) is 3.52. The maximum absolute atomic E-state index is 5.05. The van der Waals surface area contributed by atoms with Gasteiger partial charge in [-0.25, -0.2) is 0 Å². The van der Waals surface area contributed by atoms with Crippen molar-refractivity contribution in [2.75, 3.05) is 24.7 Å². The van der Waals surface area contributed by atoms with Gasteiger partial charge >= 0.3 is 0 Å². The number of rotatable bonds is 4. The Kier molecular flexibility index (Phi) is 1.66. The van der Waals surface area contributed by atoms with Gasteiger partial charge in [-0.05, 0) is 0 Å². The summed E-state index contributed by atoms with van der Waals surface area (Å²) in [6.07, 6.45) is 1.16. The summed E-state index contributed by atoms with van der Waals surface area (Å²) >= 11 is 1.94. The van der Waals surface area contributed by atoms with Gasteiger partial charge in [-0.1, -0.05) is 0 Å². The van der Waals surface area contributed by atoms with Gasteiger partial charge < -0.3 is 9.47 Å². The molecule has 2 fully saturated rings. The smallest absolute Gasteiger partial charge is 0.0900 e. The van der Waals surface area contributed by atoms with E-state index in [0.29, 0.717) is 12.2 Å². The Hall–Kier alpha value is 0.270. The number of epoxide rings is 2. The topological polar surface area (TPSA) is 25.1 Å². The molecule has 2 atom stereocenters. The lowest BCUT2D eigenvalue weighted by atomic mass is 10.6. The Bertz CT molecular complexity index is 87.2. The fourth-order valence-corrected chi connectivity index (χ4v) is 1.71. The summed E-state index contributed by atoms with van der Waals surface area (Å²) in [6, 6.07) is 0. The van der Waals surface area contributed by atoms with Crippen molar-refractivity contribution >= 4 is 11.8 Å². The predicted molar refractivity (Wildman–Crippen MR) is 36.8 cm³/mol. The molecular weight excluding hydrogens is 136 g/mol. The monoisotopic (exact) mass is 146 g/mol. The van der Waals surface area contributed by atoms with Gasteiger partial charge in [-0.15, -0.1) is 0 Å². The van der Waals surface area contributed by atoms with E-state index in [4.69, 9.17) is 9.47 Å². The molecule has 2 aliphatic heterocycles. The van der Waals surface area contributed by atoms with Crippen molar-refractivity contribution in [3.63, 3.8) is 0 Å². The van der Waals surface area contributed by atoms with Crippen LogP contribution in [0, 0.1) is 0 Å². The fraction of sp³-hybridized carbons (Fsp3) is 1.00. The lowest BCUT2D eigenvalue weighted by Crippen LogP contribution is -1.95. The Labute approximate surface area is 58.9 Å². The van der Waals surface area contributed by atoms with Gasteiger partial charge in [0.05, 0.1) is 25.4 Å². The lowest BCUT2D eigenvalue weighted by Gasteiger charge is -1.91. The molecule has 0 radical (unpaired) electrons. The first kappa shape index (κ1) is 6.01. The molecule has 2 nitrogen and oxygen atoms in total. The number of thioether (sulfide) groups is 1. The molecule has 0 N–H and O–H groups in total. The number of hydrogen-bond acceptors (Lipinski definition) is 3. The highest BCUT2D eigenvalue weighted by Crippen LogP contribution is 2.20. The largest absolute Gasteiger partial charge is 0.372 e. The summed E-state index contributed by atoms with van der Waals surface area (Å²) in [6.45, 7) is 1.97. The molecule has 52 valence electrons. The van der Waals surface area contributed by atoms with Gasteiger partial charge in [0, 0.05) is 11.5 Å². The summed E-state index contributed by atoms with van der Waals surface area (Å²) in [5.41, 5.74) is 0. The molecular formula is C6H10O2S. The van der Waals surface area contributed by atoms with Crippen LogP contribution in [0.1, 0.15) is 0 Å². The van der Waals surface area contributed by atoms with Crippen molar-refractivity contribution in [2.24, 2.45) is 0 Å². The van der Waals surface area contributed by atoms with Gasteiger partial charge in [-0.2, -0.15) is 11.8 Å². The van der Waals surface area contributed by atoms with E-state index in [0.717, 1.165) is 13.2 Å². The van der Waals surface area contributed by atoms with E-state index >= 15 is 0 Å². The molecule has 0 aliphatic carbocycles. The first-order valence-corrected chi connectivity index (χ1v) is 4.41. The molecule has 9 heavy (non-hydrogen) atoms. The van der Waals surface area contributed by atoms with Crippen LogP contribution in [0.3, 0.4) is 0 Å². The Balaban J connectivity index is 1.46. The van der Waals surface area contributed by atoms with E-state index < -0.39 is 0 Å². The molecule has 0 saturated carbocycles. The number of hydrogen-bond donors (Lipinski definition) is 0. The molecule has 0 aromatic carbocycles. The van der Waals surface area contributed by atoms with E-state index in [1.807, 2.05) is 11.8 Å². The van der Waals surface area contributed by atoms with Crippen LogP contribution in [-0.2, 0) is 9.47 Å². The average Bonchev–Trinajstić information content (AvgIpc) is 2.57. The van der Waals surface area contributed by atoms with Crippen LogP contribution in [0.15, 0.2) is 0 Å². The summed E-state index contributed by atoms with van der Waals surface area (Å²) < 4.78 is 10.1. The first-order chi connectivity index (χ1) is 4.45. The lowest BCUT2D eigenvalue weighted by molar-refractivity contribution is 0.422. The molecule has 0 aromatic heterocycles. The zero-order valence-electron chi connectivity index (χ0n) is 5.21. The standard InChI is InChI=1S/C6H10O2S/c1-5(7-1)3-9-4-6-2-8-6/h5-6H,1-4H2/t5-,6-/m0/s1. The van der Waals surface area contributed by atoms with Crippen molar-refractivity contribution in [2.45, 2.75) is 12.2 Å². The first-order valence-electron chi connectivity index (χ1n) is 3.26. The van der Waals surface area contributed by atoms with Crippen LogP contribution in [0.25, 0.3) is 0 Å². The van der Waals surface area contributed by atoms with Crippen molar-refractivity contribution in [1.29, 1.82) is 0 Å². The second kappa shape index (κ2) is 2.48. The van der Waals surface area contributed by atoms with Crippen LogP contribution in [0.2, 0.25) is 0 Å². The van der Waals surface area contributed by atoms with Gasteiger partial charge in [-0.3, -0.25) is 0 Å². The summed E-state index contributed by atoms with van der Waals surface area (Å²) in [5.74, 6) is 2.33. The summed E-state index contributed by atoms with van der Waals surface area (Å²) in [7, 11) is 0. The zero-order valence-corrected chi connectivity index (χ0v) is 6.02. The highest BCUT2D eigenvalue weighted by atomic mass is 32.2. The third-order valence-corrected chi connectivity index (χ3v) is 2.63. The van der Waals surface area contributed by atoms with E-state index in [1.54, 1.807) is 0 Å².